The predicted molar refractivity (Wildman–Crippen MR) is 118 cm³/mol. The van der Waals surface area contributed by atoms with E-state index in [1.54, 1.807) is 0 Å². The molecule has 0 saturated heterocycles. The SMILES string of the molecule is CC1=CC=C(C#Cc2ccc(C#Cc3ccc(C)cc3)c(C3CCC3)c2)CC1. The number of allylic oxidation sites excluding steroid dienone is 4. The first-order valence-electron chi connectivity index (χ1n) is 10.3. The van der Waals surface area contributed by atoms with Gasteiger partial charge in [0.05, 0.1) is 0 Å². The van der Waals surface area contributed by atoms with Crippen LogP contribution in [-0.4, -0.2) is 0 Å². The zero-order valence-corrected chi connectivity index (χ0v) is 16.8. The minimum absolute atomic E-state index is 0.642. The van der Waals surface area contributed by atoms with E-state index in [0.717, 1.165) is 29.5 Å². The number of rotatable bonds is 1. The van der Waals surface area contributed by atoms with E-state index >= 15 is 0 Å². The van der Waals surface area contributed by atoms with E-state index in [4.69, 9.17) is 0 Å². The van der Waals surface area contributed by atoms with Gasteiger partial charge < -0.3 is 0 Å². The summed E-state index contributed by atoms with van der Waals surface area (Å²) in [4.78, 5) is 0. The van der Waals surface area contributed by atoms with Gasteiger partial charge in [-0.2, -0.15) is 0 Å². The molecule has 0 aliphatic heterocycles. The predicted octanol–water partition coefficient (Wildman–Crippen LogP) is 6.68. The van der Waals surface area contributed by atoms with Crippen LogP contribution in [0, 0.1) is 30.6 Å². The van der Waals surface area contributed by atoms with Gasteiger partial charge in [-0.3, -0.25) is 0 Å². The molecule has 0 heteroatoms. The molecular formula is C28H26. The lowest BCUT2D eigenvalue weighted by Gasteiger charge is -2.27. The van der Waals surface area contributed by atoms with Crippen molar-refractivity contribution in [3.05, 3.63) is 93.6 Å². The van der Waals surface area contributed by atoms with Crippen LogP contribution in [0.4, 0.5) is 0 Å². The van der Waals surface area contributed by atoms with Crippen LogP contribution in [0.15, 0.2) is 65.8 Å². The third-order valence-corrected chi connectivity index (χ3v) is 5.71. The lowest BCUT2D eigenvalue weighted by atomic mass is 9.78. The average molecular weight is 363 g/mol. The van der Waals surface area contributed by atoms with Crippen LogP contribution in [0.2, 0.25) is 0 Å². The van der Waals surface area contributed by atoms with Crippen LogP contribution in [-0.2, 0) is 0 Å². The summed E-state index contributed by atoms with van der Waals surface area (Å²) in [6.07, 6.45) is 10.4. The molecule has 28 heavy (non-hydrogen) atoms. The Bertz CT molecular complexity index is 1050. The molecule has 2 aromatic carbocycles. The van der Waals surface area contributed by atoms with Gasteiger partial charge in [0, 0.05) is 22.3 Å². The smallest absolute Gasteiger partial charge is 0.0284 e. The molecule has 2 aromatic rings. The summed E-state index contributed by atoms with van der Waals surface area (Å²) in [5, 5.41) is 0. The van der Waals surface area contributed by atoms with Gasteiger partial charge in [0.2, 0.25) is 0 Å². The molecule has 0 spiro atoms. The van der Waals surface area contributed by atoms with Gasteiger partial charge in [0.1, 0.15) is 0 Å². The summed E-state index contributed by atoms with van der Waals surface area (Å²) in [6, 6.07) is 15.0. The summed E-state index contributed by atoms with van der Waals surface area (Å²) in [7, 11) is 0. The first-order chi connectivity index (χ1) is 13.7. The molecule has 4 rings (SSSR count). The van der Waals surface area contributed by atoms with Crippen LogP contribution < -0.4 is 0 Å². The zero-order valence-electron chi connectivity index (χ0n) is 16.8. The summed E-state index contributed by atoms with van der Waals surface area (Å²) in [6.45, 7) is 4.29. The number of hydrogen-bond donors (Lipinski definition) is 0. The third-order valence-electron chi connectivity index (χ3n) is 5.71. The molecule has 0 bridgehead atoms. The van der Waals surface area contributed by atoms with Crippen molar-refractivity contribution >= 4 is 0 Å². The van der Waals surface area contributed by atoms with Crippen molar-refractivity contribution in [1.29, 1.82) is 0 Å². The Morgan fingerprint density at radius 2 is 1.50 bits per heavy atom. The van der Waals surface area contributed by atoms with Gasteiger partial charge in [-0.05, 0) is 81.3 Å². The molecule has 0 amide bonds. The topological polar surface area (TPSA) is 0 Å². The van der Waals surface area contributed by atoms with E-state index in [2.05, 4.69) is 92.1 Å². The van der Waals surface area contributed by atoms with Gasteiger partial charge >= 0.3 is 0 Å². The van der Waals surface area contributed by atoms with Gasteiger partial charge in [-0.1, -0.05) is 65.5 Å². The summed E-state index contributed by atoms with van der Waals surface area (Å²) < 4.78 is 0. The maximum absolute atomic E-state index is 3.42. The quantitative estimate of drug-likeness (QED) is 0.496. The third kappa shape index (κ3) is 4.47. The number of aryl methyl sites for hydroxylation is 1. The Morgan fingerprint density at radius 3 is 2.18 bits per heavy atom. The molecule has 1 fully saturated rings. The highest BCUT2D eigenvalue weighted by atomic mass is 14.3. The fourth-order valence-corrected chi connectivity index (χ4v) is 3.59. The van der Waals surface area contributed by atoms with Gasteiger partial charge in [-0.15, -0.1) is 0 Å². The minimum Gasteiger partial charge on any atom is -0.0729 e. The van der Waals surface area contributed by atoms with Crippen molar-refractivity contribution in [3.63, 3.8) is 0 Å². The summed E-state index contributed by atoms with van der Waals surface area (Å²) in [5.41, 5.74) is 8.66. The number of hydrogen-bond acceptors (Lipinski definition) is 0. The molecule has 0 unspecified atom stereocenters. The monoisotopic (exact) mass is 362 g/mol. The molecule has 0 N–H and O–H groups in total. The van der Waals surface area contributed by atoms with Crippen molar-refractivity contribution in [2.75, 3.05) is 0 Å². The minimum atomic E-state index is 0.642. The Labute approximate surface area is 169 Å². The van der Waals surface area contributed by atoms with E-state index in [0.29, 0.717) is 5.92 Å². The Morgan fingerprint density at radius 1 is 0.750 bits per heavy atom. The van der Waals surface area contributed by atoms with E-state index < -0.39 is 0 Å². The maximum Gasteiger partial charge on any atom is 0.0284 e. The Hall–Kier alpha value is -2.96. The highest BCUT2D eigenvalue weighted by Gasteiger charge is 2.22. The average Bonchev–Trinajstić information content (AvgIpc) is 2.67. The van der Waals surface area contributed by atoms with Crippen molar-refractivity contribution in [3.8, 4) is 23.7 Å². The van der Waals surface area contributed by atoms with Gasteiger partial charge in [-0.25, -0.2) is 0 Å². The zero-order chi connectivity index (χ0) is 19.3. The molecule has 0 aromatic heterocycles. The van der Waals surface area contributed by atoms with Gasteiger partial charge in [0.15, 0.2) is 0 Å². The second kappa shape index (κ2) is 8.37. The Kier molecular flexibility index (Phi) is 5.50. The van der Waals surface area contributed by atoms with E-state index in [1.165, 1.54) is 41.5 Å². The molecule has 0 heterocycles. The highest BCUT2D eigenvalue weighted by Crippen LogP contribution is 2.38. The van der Waals surface area contributed by atoms with Crippen LogP contribution in [0.25, 0.3) is 0 Å². The molecule has 0 atom stereocenters. The van der Waals surface area contributed by atoms with Crippen LogP contribution in [0.1, 0.15) is 72.8 Å². The fraction of sp³-hybridized carbons (Fsp3) is 0.286. The molecule has 0 radical (unpaired) electrons. The highest BCUT2D eigenvalue weighted by molar-refractivity contribution is 5.53. The van der Waals surface area contributed by atoms with Crippen LogP contribution >= 0.6 is 0 Å². The summed E-state index contributed by atoms with van der Waals surface area (Å²) in [5.74, 6) is 14.2. The number of benzene rings is 2. The van der Waals surface area contributed by atoms with Crippen molar-refractivity contribution in [2.24, 2.45) is 0 Å². The maximum atomic E-state index is 3.42. The molecule has 138 valence electrons. The molecule has 2 aliphatic rings. The Balaban J connectivity index is 1.61. The van der Waals surface area contributed by atoms with E-state index in [9.17, 15) is 0 Å². The summed E-state index contributed by atoms with van der Waals surface area (Å²) >= 11 is 0. The first kappa shape index (κ1) is 18.4. The molecule has 1 saturated carbocycles. The van der Waals surface area contributed by atoms with E-state index in [-0.39, 0.29) is 0 Å². The largest absolute Gasteiger partial charge is 0.0729 e. The molecular weight excluding hydrogens is 336 g/mol. The van der Waals surface area contributed by atoms with E-state index in [1.807, 2.05) is 0 Å². The van der Waals surface area contributed by atoms with Crippen LogP contribution in [0.3, 0.4) is 0 Å². The van der Waals surface area contributed by atoms with Gasteiger partial charge in [0.25, 0.3) is 0 Å². The normalized spacial score (nSPS) is 15.9. The standard InChI is InChI=1S/C28H26/c1-21-6-10-23(11-7-21)14-15-25-17-19-27(28(20-25)26-4-3-5-26)18-16-24-12-8-22(2)9-13-24/h6,8-10,12-13,17,19-20,26H,3-5,7,11H2,1-2H3. The van der Waals surface area contributed by atoms with Crippen LogP contribution in [0.5, 0.6) is 0 Å². The lowest BCUT2D eigenvalue weighted by Crippen LogP contribution is -2.10. The van der Waals surface area contributed by atoms with Crippen molar-refractivity contribution in [1.82, 2.24) is 0 Å². The second-order valence-electron chi connectivity index (χ2n) is 8.00. The molecule has 2 aliphatic carbocycles. The van der Waals surface area contributed by atoms with Crippen molar-refractivity contribution < 1.29 is 0 Å². The first-order valence-corrected chi connectivity index (χ1v) is 10.3. The fourth-order valence-electron chi connectivity index (χ4n) is 3.59. The molecule has 0 nitrogen and oxygen atoms in total. The lowest BCUT2D eigenvalue weighted by molar-refractivity contribution is 0.419. The van der Waals surface area contributed by atoms with Crippen molar-refractivity contribution in [2.45, 2.75) is 51.9 Å². The second-order valence-corrected chi connectivity index (χ2v) is 8.00.